The average molecular weight is 297 g/mol. The van der Waals surface area contributed by atoms with Crippen molar-refractivity contribution in [2.45, 2.75) is 19.9 Å². The number of nitrogens with zero attached hydrogens (tertiary/aromatic N) is 2. The molecule has 2 aromatic heterocycles. The van der Waals surface area contributed by atoms with Crippen LogP contribution in [0.1, 0.15) is 23.5 Å². The van der Waals surface area contributed by atoms with Gasteiger partial charge in [-0.3, -0.25) is 4.79 Å². The van der Waals surface area contributed by atoms with E-state index in [0.29, 0.717) is 4.88 Å². The number of carbonyl (C=O) groups excluding carboxylic acids is 1. The van der Waals surface area contributed by atoms with E-state index in [-0.39, 0.29) is 24.3 Å². The van der Waals surface area contributed by atoms with Crippen LogP contribution in [0.2, 0.25) is 0 Å². The van der Waals surface area contributed by atoms with Gasteiger partial charge in [0.1, 0.15) is 0 Å². The molecule has 1 amide bonds. The van der Waals surface area contributed by atoms with Gasteiger partial charge in [-0.1, -0.05) is 5.16 Å². The van der Waals surface area contributed by atoms with Gasteiger partial charge in [0.05, 0.1) is 11.4 Å². The van der Waals surface area contributed by atoms with Gasteiger partial charge in [-0.2, -0.15) is 0 Å². The number of rotatable bonds is 4. The number of thiophene rings is 2. The van der Waals surface area contributed by atoms with Gasteiger partial charge in [0.25, 0.3) is 5.91 Å². The highest BCUT2D eigenvalue weighted by Gasteiger charge is 2.22. The zero-order chi connectivity index (χ0) is 14.0. The number of fused-ring (bicyclic) bond motifs is 1. The standard InChI is InChI=1S/C12H15N3O2S2/c1-7(2)15(6-11(13)14-17)12(16)10-5-9-8(19-10)3-4-18-9/h3-5,7,17H,6H2,1-2H3,(H2,13,14). The van der Waals surface area contributed by atoms with E-state index in [1.165, 1.54) is 11.3 Å². The Morgan fingerprint density at radius 1 is 1.53 bits per heavy atom. The van der Waals surface area contributed by atoms with Crippen molar-refractivity contribution in [2.24, 2.45) is 10.9 Å². The number of hydrogen-bond donors (Lipinski definition) is 2. The fourth-order valence-electron chi connectivity index (χ4n) is 1.71. The monoisotopic (exact) mass is 297 g/mol. The zero-order valence-corrected chi connectivity index (χ0v) is 12.3. The quantitative estimate of drug-likeness (QED) is 0.394. The number of nitrogens with two attached hydrogens (primary N) is 1. The summed E-state index contributed by atoms with van der Waals surface area (Å²) in [5, 5.41) is 13.6. The fraction of sp³-hybridized carbons (Fsp3) is 0.333. The molecule has 102 valence electrons. The molecule has 0 bridgehead atoms. The van der Waals surface area contributed by atoms with Crippen molar-refractivity contribution >= 4 is 43.8 Å². The Morgan fingerprint density at radius 2 is 2.26 bits per heavy atom. The van der Waals surface area contributed by atoms with Crippen molar-refractivity contribution < 1.29 is 10.0 Å². The van der Waals surface area contributed by atoms with Crippen LogP contribution < -0.4 is 5.73 Å². The molecule has 0 fully saturated rings. The highest BCUT2D eigenvalue weighted by Crippen LogP contribution is 2.30. The summed E-state index contributed by atoms with van der Waals surface area (Å²) in [5.41, 5.74) is 5.49. The summed E-state index contributed by atoms with van der Waals surface area (Å²) in [4.78, 5) is 14.7. The molecule has 0 aliphatic carbocycles. The molecule has 0 unspecified atom stereocenters. The summed E-state index contributed by atoms with van der Waals surface area (Å²) >= 11 is 3.08. The Morgan fingerprint density at radius 3 is 2.84 bits per heavy atom. The third-order valence-corrected chi connectivity index (χ3v) is 4.78. The number of carbonyl (C=O) groups is 1. The van der Waals surface area contributed by atoms with Gasteiger partial charge >= 0.3 is 0 Å². The van der Waals surface area contributed by atoms with Crippen LogP contribution in [0.15, 0.2) is 22.7 Å². The molecular formula is C12H15N3O2S2. The molecule has 0 aliphatic rings. The minimum absolute atomic E-state index is 0.0204. The fourth-order valence-corrected chi connectivity index (χ4v) is 3.77. The summed E-state index contributed by atoms with van der Waals surface area (Å²) in [6.07, 6.45) is 0. The molecule has 5 nitrogen and oxygen atoms in total. The van der Waals surface area contributed by atoms with E-state index in [9.17, 15) is 4.79 Å². The van der Waals surface area contributed by atoms with Gasteiger partial charge in [-0.15, -0.1) is 22.7 Å². The van der Waals surface area contributed by atoms with E-state index in [0.717, 1.165) is 9.40 Å². The predicted molar refractivity (Wildman–Crippen MR) is 79.3 cm³/mol. The minimum Gasteiger partial charge on any atom is -0.409 e. The molecule has 2 aromatic rings. The third kappa shape index (κ3) is 2.87. The first-order valence-electron chi connectivity index (χ1n) is 5.77. The van der Waals surface area contributed by atoms with Crippen molar-refractivity contribution in [3.8, 4) is 0 Å². The highest BCUT2D eigenvalue weighted by molar-refractivity contribution is 7.27. The first-order valence-corrected chi connectivity index (χ1v) is 7.47. The number of oxime groups is 1. The third-order valence-electron chi connectivity index (χ3n) is 2.70. The lowest BCUT2D eigenvalue weighted by molar-refractivity contribution is 0.0739. The van der Waals surface area contributed by atoms with Crippen molar-refractivity contribution in [3.63, 3.8) is 0 Å². The summed E-state index contributed by atoms with van der Waals surface area (Å²) < 4.78 is 2.22. The maximum absolute atomic E-state index is 12.5. The summed E-state index contributed by atoms with van der Waals surface area (Å²) in [6, 6.07) is 3.88. The molecule has 0 radical (unpaired) electrons. The van der Waals surface area contributed by atoms with Crippen molar-refractivity contribution in [3.05, 3.63) is 22.4 Å². The van der Waals surface area contributed by atoms with E-state index in [4.69, 9.17) is 10.9 Å². The largest absolute Gasteiger partial charge is 0.409 e. The van der Waals surface area contributed by atoms with Gasteiger partial charge in [0, 0.05) is 15.4 Å². The lowest BCUT2D eigenvalue weighted by atomic mass is 10.2. The topological polar surface area (TPSA) is 78.9 Å². The van der Waals surface area contributed by atoms with Gasteiger partial charge < -0.3 is 15.8 Å². The van der Waals surface area contributed by atoms with E-state index in [2.05, 4.69) is 5.16 Å². The average Bonchev–Trinajstić information content (AvgIpc) is 2.94. The van der Waals surface area contributed by atoms with E-state index >= 15 is 0 Å². The second-order valence-electron chi connectivity index (χ2n) is 4.38. The van der Waals surface area contributed by atoms with E-state index in [1.54, 1.807) is 16.2 Å². The molecule has 0 saturated heterocycles. The SMILES string of the molecule is CC(C)N(C/C(N)=N/O)C(=O)c1cc2sccc2s1. The van der Waals surface area contributed by atoms with Crippen LogP contribution in [0, 0.1) is 0 Å². The van der Waals surface area contributed by atoms with Crippen LogP contribution >= 0.6 is 22.7 Å². The lowest BCUT2D eigenvalue weighted by Crippen LogP contribution is -2.42. The van der Waals surface area contributed by atoms with Crippen LogP contribution in [0.4, 0.5) is 0 Å². The van der Waals surface area contributed by atoms with Crippen molar-refractivity contribution in [2.75, 3.05) is 6.54 Å². The maximum Gasteiger partial charge on any atom is 0.264 e. The van der Waals surface area contributed by atoms with Gasteiger partial charge in [0.2, 0.25) is 0 Å². The van der Waals surface area contributed by atoms with Crippen LogP contribution in [0.3, 0.4) is 0 Å². The first kappa shape index (κ1) is 13.8. The Balaban J connectivity index is 2.26. The molecule has 0 aromatic carbocycles. The zero-order valence-electron chi connectivity index (χ0n) is 10.7. The molecule has 3 N–H and O–H groups in total. The van der Waals surface area contributed by atoms with E-state index in [1.807, 2.05) is 31.4 Å². The highest BCUT2D eigenvalue weighted by atomic mass is 32.1. The summed E-state index contributed by atoms with van der Waals surface area (Å²) in [5.74, 6) is -0.0598. The molecule has 7 heteroatoms. The minimum atomic E-state index is -0.0880. The molecule has 0 atom stereocenters. The van der Waals surface area contributed by atoms with Crippen LogP contribution in [0.5, 0.6) is 0 Å². The molecular weight excluding hydrogens is 282 g/mol. The van der Waals surface area contributed by atoms with Crippen molar-refractivity contribution in [1.29, 1.82) is 0 Å². The summed E-state index contributed by atoms with van der Waals surface area (Å²) in [6.45, 7) is 3.93. The second-order valence-corrected chi connectivity index (χ2v) is 6.41. The van der Waals surface area contributed by atoms with Crippen LogP contribution in [-0.4, -0.2) is 34.4 Å². The van der Waals surface area contributed by atoms with Gasteiger partial charge in [0.15, 0.2) is 5.84 Å². The molecule has 2 rings (SSSR count). The van der Waals surface area contributed by atoms with E-state index < -0.39 is 0 Å². The van der Waals surface area contributed by atoms with Gasteiger partial charge in [-0.05, 0) is 31.4 Å². The molecule has 0 aliphatic heterocycles. The Hall–Kier alpha value is -1.60. The summed E-state index contributed by atoms with van der Waals surface area (Å²) in [7, 11) is 0. The molecule has 0 saturated carbocycles. The number of hydrogen-bond acceptors (Lipinski definition) is 5. The molecule has 19 heavy (non-hydrogen) atoms. The first-order chi connectivity index (χ1) is 9.02. The smallest absolute Gasteiger partial charge is 0.264 e. The maximum atomic E-state index is 12.5. The normalized spacial score (nSPS) is 12.3. The number of amidine groups is 1. The lowest BCUT2D eigenvalue weighted by Gasteiger charge is -2.25. The van der Waals surface area contributed by atoms with Crippen molar-refractivity contribution in [1.82, 2.24) is 4.90 Å². The number of amides is 1. The predicted octanol–water partition coefficient (Wildman–Crippen LogP) is 2.56. The molecule has 2 heterocycles. The second kappa shape index (κ2) is 5.58. The Bertz CT molecular complexity index is 587. The van der Waals surface area contributed by atoms with Gasteiger partial charge in [-0.25, -0.2) is 0 Å². The van der Waals surface area contributed by atoms with Crippen LogP contribution in [0.25, 0.3) is 9.40 Å². The van der Waals surface area contributed by atoms with Crippen LogP contribution in [-0.2, 0) is 0 Å². The Labute approximate surface area is 118 Å². The Kier molecular flexibility index (Phi) is 4.06. The molecule has 0 spiro atoms.